The normalized spacial score (nSPS) is 10.8. The Bertz CT molecular complexity index is 1620. The molecule has 0 unspecified atom stereocenters. The molecule has 0 radical (unpaired) electrons. The van der Waals surface area contributed by atoms with Gasteiger partial charge in [-0.1, -0.05) is 41.9 Å². The van der Waals surface area contributed by atoms with E-state index >= 15 is 0 Å². The van der Waals surface area contributed by atoms with Crippen molar-refractivity contribution in [3.05, 3.63) is 94.4 Å². The van der Waals surface area contributed by atoms with E-state index in [0.717, 1.165) is 16.8 Å². The van der Waals surface area contributed by atoms with Crippen LogP contribution in [0, 0.1) is 18.3 Å². The van der Waals surface area contributed by atoms with Crippen molar-refractivity contribution in [2.75, 3.05) is 11.1 Å². The third-order valence-electron chi connectivity index (χ3n) is 5.72. The van der Waals surface area contributed by atoms with Gasteiger partial charge in [-0.3, -0.25) is 4.79 Å². The molecule has 9 heteroatoms. The maximum Gasteiger partial charge on any atom is 0.256 e. The molecule has 0 saturated carbocycles. The summed E-state index contributed by atoms with van der Waals surface area (Å²) in [7, 11) is 0. The molecule has 5 aromatic rings. The monoisotopic (exact) mass is 513 g/mol. The molecule has 178 valence electrons. The molecule has 0 aliphatic rings. The number of rotatable bonds is 6. The van der Waals surface area contributed by atoms with E-state index in [-0.39, 0.29) is 23.8 Å². The number of fused-ring (bicyclic) bond motifs is 1. The van der Waals surface area contributed by atoms with Crippen LogP contribution in [-0.4, -0.2) is 10.9 Å². The highest BCUT2D eigenvalue weighted by atomic mass is 35.5. The van der Waals surface area contributed by atoms with E-state index in [9.17, 15) is 10.1 Å². The van der Waals surface area contributed by atoms with E-state index in [1.54, 1.807) is 30.5 Å². The number of hydrogen-bond acceptors (Lipinski definition) is 7. The lowest BCUT2D eigenvalue weighted by Gasteiger charge is -2.10. The number of hydrogen-bond donors (Lipinski definition) is 3. The van der Waals surface area contributed by atoms with Crippen LogP contribution < -0.4 is 16.4 Å². The molecular formula is C27H20ClN5O2S. The third-order valence-corrected chi connectivity index (χ3v) is 7.08. The van der Waals surface area contributed by atoms with Crippen molar-refractivity contribution in [3.63, 3.8) is 0 Å². The number of halogens is 1. The topological polar surface area (TPSA) is 117 Å². The molecular weight excluding hydrogens is 494 g/mol. The molecule has 0 atom stereocenters. The van der Waals surface area contributed by atoms with E-state index in [2.05, 4.69) is 21.7 Å². The number of pyridine rings is 1. The first-order valence-electron chi connectivity index (χ1n) is 11.0. The number of carbonyl (C=O) groups excluding carboxylic acids is 1. The molecule has 0 aliphatic carbocycles. The van der Waals surface area contributed by atoms with Gasteiger partial charge in [0.2, 0.25) is 0 Å². The predicted molar refractivity (Wildman–Crippen MR) is 144 cm³/mol. The van der Waals surface area contributed by atoms with Gasteiger partial charge in [0.05, 0.1) is 23.0 Å². The molecule has 3 aromatic heterocycles. The number of aryl methyl sites for hydroxylation is 1. The predicted octanol–water partition coefficient (Wildman–Crippen LogP) is 6.65. The van der Waals surface area contributed by atoms with Crippen LogP contribution in [0.3, 0.4) is 0 Å². The molecule has 1 amide bonds. The molecule has 2 aromatic carbocycles. The zero-order chi connectivity index (χ0) is 25.2. The summed E-state index contributed by atoms with van der Waals surface area (Å²) >= 11 is 7.45. The summed E-state index contributed by atoms with van der Waals surface area (Å²) < 4.78 is 6.02. The average molecular weight is 514 g/mol. The Morgan fingerprint density at radius 1 is 1.17 bits per heavy atom. The number of benzene rings is 2. The largest absolute Gasteiger partial charge is 0.467 e. The molecule has 36 heavy (non-hydrogen) atoms. The lowest BCUT2D eigenvalue weighted by atomic mass is 10.00. The Labute approximate surface area is 216 Å². The van der Waals surface area contributed by atoms with Gasteiger partial charge in [-0.05, 0) is 48.4 Å². The van der Waals surface area contributed by atoms with Crippen LogP contribution in [0.5, 0.6) is 0 Å². The van der Waals surface area contributed by atoms with Gasteiger partial charge in [-0.15, -0.1) is 11.3 Å². The minimum Gasteiger partial charge on any atom is -0.467 e. The first-order valence-corrected chi connectivity index (χ1v) is 12.2. The van der Waals surface area contributed by atoms with Gasteiger partial charge in [-0.25, -0.2) is 4.98 Å². The molecule has 0 saturated heterocycles. The summed E-state index contributed by atoms with van der Waals surface area (Å²) in [5.41, 5.74) is 10.5. The number of furan rings is 1. The van der Waals surface area contributed by atoms with E-state index in [4.69, 9.17) is 21.8 Å². The zero-order valence-electron chi connectivity index (χ0n) is 19.1. The summed E-state index contributed by atoms with van der Waals surface area (Å²) in [5, 5.41) is 17.4. The molecule has 5 rings (SSSR count). The fourth-order valence-electron chi connectivity index (χ4n) is 3.92. The van der Waals surface area contributed by atoms with Gasteiger partial charge in [0, 0.05) is 16.3 Å². The number of para-hydroxylation sites is 1. The van der Waals surface area contributed by atoms with Crippen molar-refractivity contribution < 1.29 is 9.21 Å². The molecule has 0 bridgehead atoms. The van der Waals surface area contributed by atoms with Crippen LogP contribution in [0.25, 0.3) is 21.3 Å². The Hall–Kier alpha value is -4.32. The van der Waals surface area contributed by atoms with Gasteiger partial charge in [0.1, 0.15) is 33.8 Å². The Morgan fingerprint density at radius 2 is 1.94 bits per heavy atom. The maximum atomic E-state index is 13.5. The van der Waals surface area contributed by atoms with Crippen molar-refractivity contribution in [1.29, 1.82) is 5.26 Å². The summed E-state index contributed by atoms with van der Waals surface area (Å²) in [5.74, 6) is 0.333. The molecule has 4 N–H and O–H groups in total. The van der Waals surface area contributed by atoms with Gasteiger partial charge in [0.25, 0.3) is 5.91 Å². The maximum absolute atomic E-state index is 13.5. The fraction of sp³-hybridized carbons (Fsp3) is 0.0741. The lowest BCUT2D eigenvalue weighted by molar-refractivity contribution is 0.0950. The van der Waals surface area contributed by atoms with Crippen molar-refractivity contribution in [2.45, 2.75) is 13.5 Å². The van der Waals surface area contributed by atoms with Crippen molar-refractivity contribution in [3.8, 4) is 17.2 Å². The summed E-state index contributed by atoms with van der Waals surface area (Å²) in [6.45, 7) is 2.19. The second-order valence-electron chi connectivity index (χ2n) is 8.05. The van der Waals surface area contributed by atoms with Crippen LogP contribution in [0.2, 0.25) is 5.02 Å². The minimum atomic E-state index is -0.340. The standard InChI is InChI=1S/C27H20ClN5O2S/c1-15-5-2-3-7-20(15)32-27-22(26(34)31-14-18-6-4-12-35-18)23-24(36-27)21(19(13-29)25(30)33-23)16-8-10-17(28)11-9-16/h2-12,32H,14H2,1H3,(H2,30,33)(H,31,34). The smallest absolute Gasteiger partial charge is 0.256 e. The Morgan fingerprint density at radius 3 is 2.64 bits per heavy atom. The molecule has 0 aliphatic heterocycles. The first kappa shape index (κ1) is 23.4. The fourth-order valence-corrected chi connectivity index (χ4v) is 5.27. The second-order valence-corrected chi connectivity index (χ2v) is 9.51. The van der Waals surface area contributed by atoms with Crippen LogP contribution in [0.1, 0.15) is 27.2 Å². The number of carbonyl (C=O) groups is 1. The zero-order valence-corrected chi connectivity index (χ0v) is 20.7. The number of thiophene rings is 1. The van der Waals surface area contributed by atoms with Crippen LogP contribution in [0.15, 0.2) is 71.3 Å². The number of nitrogens with one attached hydrogen (secondary N) is 2. The van der Waals surface area contributed by atoms with Crippen LogP contribution >= 0.6 is 22.9 Å². The van der Waals surface area contributed by atoms with Gasteiger partial charge in [-0.2, -0.15) is 5.26 Å². The highest BCUT2D eigenvalue weighted by molar-refractivity contribution is 7.24. The summed E-state index contributed by atoms with van der Waals surface area (Å²) in [6, 6.07) is 20.7. The van der Waals surface area contributed by atoms with Crippen molar-refractivity contribution in [2.24, 2.45) is 0 Å². The first-order chi connectivity index (χ1) is 17.5. The number of amides is 1. The van der Waals surface area contributed by atoms with Crippen LogP contribution in [0.4, 0.5) is 16.5 Å². The van der Waals surface area contributed by atoms with Gasteiger partial charge in [0.15, 0.2) is 0 Å². The van der Waals surface area contributed by atoms with E-state index in [1.807, 2.05) is 43.3 Å². The molecule has 0 spiro atoms. The number of aromatic nitrogens is 1. The highest BCUT2D eigenvalue weighted by Gasteiger charge is 2.26. The number of nitrogens with two attached hydrogens (primary N) is 1. The average Bonchev–Trinajstić information content (AvgIpc) is 3.51. The highest BCUT2D eigenvalue weighted by Crippen LogP contribution is 2.44. The number of nitrogens with zero attached hydrogens (tertiary/aromatic N) is 2. The second kappa shape index (κ2) is 9.74. The molecule has 7 nitrogen and oxygen atoms in total. The van der Waals surface area contributed by atoms with Gasteiger partial charge < -0.3 is 20.8 Å². The quantitative estimate of drug-likeness (QED) is 0.234. The Balaban J connectivity index is 1.72. The van der Waals surface area contributed by atoms with E-state index in [0.29, 0.717) is 37.1 Å². The van der Waals surface area contributed by atoms with Gasteiger partial charge >= 0.3 is 0 Å². The summed E-state index contributed by atoms with van der Waals surface area (Å²) in [4.78, 5) is 18.0. The van der Waals surface area contributed by atoms with E-state index in [1.165, 1.54) is 11.3 Å². The number of anilines is 3. The SMILES string of the molecule is Cc1ccccc1Nc1sc2c(-c3ccc(Cl)cc3)c(C#N)c(N)nc2c1C(=O)NCc1ccco1. The third kappa shape index (κ3) is 4.38. The molecule has 3 heterocycles. The molecule has 0 fully saturated rings. The van der Waals surface area contributed by atoms with E-state index < -0.39 is 0 Å². The van der Waals surface area contributed by atoms with Crippen molar-refractivity contribution in [1.82, 2.24) is 10.3 Å². The summed E-state index contributed by atoms with van der Waals surface area (Å²) in [6.07, 6.45) is 1.55. The minimum absolute atomic E-state index is 0.0512. The Kier molecular flexibility index (Phi) is 6.34. The van der Waals surface area contributed by atoms with Crippen LogP contribution in [-0.2, 0) is 6.54 Å². The lowest BCUT2D eigenvalue weighted by Crippen LogP contribution is -2.23. The van der Waals surface area contributed by atoms with Crippen molar-refractivity contribution >= 4 is 55.6 Å². The number of nitriles is 1. The number of nitrogen functional groups attached to an aromatic ring is 1.